The summed E-state index contributed by atoms with van der Waals surface area (Å²) >= 11 is 0. The van der Waals surface area contributed by atoms with Gasteiger partial charge in [0.15, 0.2) is 0 Å². The lowest BCUT2D eigenvalue weighted by atomic mass is 9.93. The van der Waals surface area contributed by atoms with Crippen LogP contribution in [-0.4, -0.2) is 85.0 Å². The Labute approximate surface area is 180 Å². The van der Waals surface area contributed by atoms with Gasteiger partial charge in [-0.15, -0.1) is 0 Å². The second-order valence-electron chi connectivity index (χ2n) is 9.48. The average molecular weight is 417 g/mol. The second kappa shape index (κ2) is 9.65. The number of piperidine rings is 2. The quantitative estimate of drug-likeness (QED) is 0.755. The van der Waals surface area contributed by atoms with Gasteiger partial charge in [-0.2, -0.15) is 0 Å². The molecule has 1 amide bonds. The number of benzene rings is 1. The summed E-state index contributed by atoms with van der Waals surface area (Å²) in [6, 6.07) is 7.88. The van der Waals surface area contributed by atoms with Crippen LogP contribution in [0.3, 0.4) is 0 Å². The molecular formula is C24H37FN4O. The average Bonchev–Trinajstić information content (AvgIpc) is 2.79. The van der Waals surface area contributed by atoms with E-state index < -0.39 is 0 Å². The number of rotatable bonds is 4. The van der Waals surface area contributed by atoms with E-state index in [1.54, 1.807) is 0 Å². The third-order valence-electron chi connectivity index (χ3n) is 7.34. The Balaban J connectivity index is 1.27. The number of hydrogen-bond acceptors (Lipinski definition) is 4. The van der Waals surface area contributed by atoms with E-state index in [2.05, 4.69) is 33.4 Å². The van der Waals surface area contributed by atoms with Gasteiger partial charge in [-0.25, -0.2) is 4.39 Å². The molecule has 3 heterocycles. The van der Waals surface area contributed by atoms with Crippen molar-refractivity contribution in [2.24, 2.45) is 5.92 Å². The molecule has 6 heteroatoms. The first-order valence-electron chi connectivity index (χ1n) is 11.8. The van der Waals surface area contributed by atoms with Crippen molar-refractivity contribution in [2.45, 2.75) is 51.6 Å². The Morgan fingerprint density at radius 3 is 2.23 bits per heavy atom. The zero-order valence-corrected chi connectivity index (χ0v) is 18.6. The molecule has 4 rings (SSSR count). The molecule has 0 saturated carbocycles. The topological polar surface area (TPSA) is 30.0 Å². The van der Waals surface area contributed by atoms with Crippen LogP contribution < -0.4 is 4.90 Å². The van der Waals surface area contributed by atoms with Gasteiger partial charge in [-0.1, -0.05) is 0 Å². The van der Waals surface area contributed by atoms with E-state index in [0.29, 0.717) is 18.0 Å². The Hall–Kier alpha value is -1.66. The number of carbonyl (C=O) groups is 1. The van der Waals surface area contributed by atoms with Crippen LogP contribution in [0.15, 0.2) is 24.3 Å². The van der Waals surface area contributed by atoms with Gasteiger partial charge in [-0.3, -0.25) is 9.69 Å². The van der Waals surface area contributed by atoms with Gasteiger partial charge in [-0.05, 0) is 76.9 Å². The second-order valence-corrected chi connectivity index (χ2v) is 9.48. The predicted octanol–water partition coefficient (Wildman–Crippen LogP) is 3.06. The highest BCUT2D eigenvalue weighted by atomic mass is 19.1. The van der Waals surface area contributed by atoms with Crippen molar-refractivity contribution >= 4 is 11.6 Å². The molecule has 0 N–H and O–H groups in total. The standard InChI is InChI=1S/C24H37FN4O/c1-19(2)26-12-9-20(10-13-26)24(30)29-11-3-4-23(18-29)28-16-14-27(15-17-28)22-7-5-21(25)6-8-22/h5-8,19-20,23H,3-4,9-18H2,1-2H3/t23-/m1/s1. The molecule has 1 aromatic carbocycles. The molecule has 0 aliphatic carbocycles. The number of carbonyl (C=O) groups excluding carboxylic acids is 1. The third kappa shape index (κ3) is 4.97. The van der Waals surface area contributed by atoms with Gasteiger partial charge in [0.1, 0.15) is 5.82 Å². The maximum absolute atomic E-state index is 13.2. The van der Waals surface area contributed by atoms with Crippen LogP contribution in [0.5, 0.6) is 0 Å². The van der Waals surface area contributed by atoms with Gasteiger partial charge in [0.2, 0.25) is 5.91 Å². The zero-order valence-electron chi connectivity index (χ0n) is 18.6. The van der Waals surface area contributed by atoms with Gasteiger partial charge < -0.3 is 14.7 Å². The number of anilines is 1. The predicted molar refractivity (Wildman–Crippen MR) is 119 cm³/mol. The SMILES string of the molecule is CC(C)N1CCC(C(=O)N2CCC[C@@H](N3CCN(c4ccc(F)cc4)CC3)C2)CC1. The summed E-state index contributed by atoms with van der Waals surface area (Å²) in [5.41, 5.74) is 1.10. The Bertz CT molecular complexity index is 694. The molecule has 0 bridgehead atoms. The summed E-state index contributed by atoms with van der Waals surface area (Å²) in [6.07, 6.45) is 4.31. The number of halogens is 1. The first-order valence-corrected chi connectivity index (χ1v) is 11.8. The maximum atomic E-state index is 13.2. The first kappa shape index (κ1) is 21.6. The molecule has 1 atom stereocenters. The molecular weight excluding hydrogens is 379 g/mol. The highest BCUT2D eigenvalue weighted by Gasteiger charge is 2.34. The fraction of sp³-hybridized carbons (Fsp3) is 0.708. The maximum Gasteiger partial charge on any atom is 0.225 e. The number of hydrogen-bond donors (Lipinski definition) is 0. The largest absolute Gasteiger partial charge is 0.369 e. The molecule has 5 nitrogen and oxygen atoms in total. The van der Waals surface area contributed by atoms with Crippen LogP contribution in [-0.2, 0) is 4.79 Å². The minimum atomic E-state index is -0.181. The molecule has 3 aliphatic rings. The van der Waals surface area contributed by atoms with Crippen LogP contribution >= 0.6 is 0 Å². The molecule has 3 saturated heterocycles. The molecule has 3 aliphatic heterocycles. The Morgan fingerprint density at radius 1 is 0.933 bits per heavy atom. The van der Waals surface area contributed by atoms with Crippen molar-refractivity contribution in [1.82, 2.24) is 14.7 Å². The van der Waals surface area contributed by atoms with Gasteiger partial charge in [0.25, 0.3) is 0 Å². The normalized spacial score (nSPS) is 25.1. The van der Waals surface area contributed by atoms with E-state index in [-0.39, 0.29) is 11.7 Å². The molecule has 166 valence electrons. The Morgan fingerprint density at radius 2 is 1.60 bits per heavy atom. The van der Waals surface area contributed by atoms with Crippen LogP contribution in [0.4, 0.5) is 10.1 Å². The van der Waals surface area contributed by atoms with Crippen molar-refractivity contribution in [3.05, 3.63) is 30.1 Å². The Kier molecular flexibility index (Phi) is 6.94. The molecule has 0 unspecified atom stereocenters. The van der Waals surface area contributed by atoms with E-state index in [1.807, 2.05) is 12.1 Å². The lowest BCUT2D eigenvalue weighted by molar-refractivity contribution is -0.139. The van der Waals surface area contributed by atoms with Crippen LogP contribution in [0, 0.1) is 11.7 Å². The van der Waals surface area contributed by atoms with Gasteiger partial charge in [0.05, 0.1) is 0 Å². The van der Waals surface area contributed by atoms with E-state index in [9.17, 15) is 9.18 Å². The van der Waals surface area contributed by atoms with E-state index in [4.69, 9.17) is 0 Å². The first-order chi connectivity index (χ1) is 14.5. The van der Waals surface area contributed by atoms with E-state index >= 15 is 0 Å². The third-order valence-corrected chi connectivity index (χ3v) is 7.34. The van der Waals surface area contributed by atoms with Crippen LogP contribution in [0.1, 0.15) is 39.5 Å². The number of likely N-dealkylation sites (tertiary alicyclic amines) is 2. The monoisotopic (exact) mass is 416 g/mol. The smallest absolute Gasteiger partial charge is 0.225 e. The number of piperazine rings is 1. The fourth-order valence-electron chi connectivity index (χ4n) is 5.37. The summed E-state index contributed by atoms with van der Waals surface area (Å²) < 4.78 is 13.2. The lowest BCUT2D eigenvalue weighted by Crippen LogP contribution is -2.56. The molecule has 0 aromatic heterocycles. The highest BCUT2D eigenvalue weighted by molar-refractivity contribution is 5.79. The summed E-state index contributed by atoms with van der Waals surface area (Å²) in [4.78, 5) is 22.7. The lowest BCUT2D eigenvalue weighted by Gasteiger charge is -2.45. The summed E-state index contributed by atoms with van der Waals surface area (Å²) in [7, 11) is 0. The van der Waals surface area contributed by atoms with Gasteiger partial charge >= 0.3 is 0 Å². The molecule has 1 aromatic rings. The van der Waals surface area contributed by atoms with Crippen molar-refractivity contribution in [2.75, 3.05) is 57.3 Å². The van der Waals surface area contributed by atoms with Crippen molar-refractivity contribution in [3.63, 3.8) is 0 Å². The number of nitrogens with zero attached hydrogens (tertiary/aromatic N) is 4. The summed E-state index contributed by atoms with van der Waals surface area (Å²) in [6.45, 7) is 12.4. The van der Waals surface area contributed by atoms with Crippen molar-refractivity contribution in [1.29, 1.82) is 0 Å². The molecule has 30 heavy (non-hydrogen) atoms. The minimum Gasteiger partial charge on any atom is -0.369 e. The minimum absolute atomic E-state index is 0.181. The summed E-state index contributed by atoms with van der Waals surface area (Å²) in [5, 5.41) is 0. The molecule has 0 spiro atoms. The van der Waals surface area contributed by atoms with E-state index in [1.165, 1.54) is 18.6 Å². The van der Waals surface area contributed by atoms with E-state index in [0.717, 1.165) is 77.3 Å². The molecule has 0 radical (unpaired) electrons. The van der Waals surface area contributed by atoms with Crippen LogP contribution in [0.25, 0.3) is 0 Å². The van der Waals surface area contributed by atoms with Crippen LogP contribution in [0.2, 0.25) is 0 Å². The van der Waals surface area contributed by atoms with Gasteiger partial charge in [0, 0.05) is 63.0 Å². The number of amides is 1. The fourth-order valence-corrected chi connectivity index (χ4v) is 5.37. The summed E-state index contributed by atoms with van der Waals surface area (Å²) in [5.74, 6) is 0.432. The van der Waals surface area contributed by atoms with Crippen molar-refractivity contribution < 1.29 is 9.18 Å². The zero-order chi connectivity index (χ0) is 21.1. The van der Waals surface area contributed by atoms with Crippen molar-refractivity contribution in [3.8, 4) is 0 Å². The highest BCUT2D eigenvalue weighted by Crippen LogP contribution is 2.25. The molecule has 3 fully saturated rings.